The minimum atomic E-state index is -4.41. The van der Waals surface area contributed by atoms with Crippen molar-refractivity contribution in [1.29, 1.82) is 0 Å². The number of nitrogens with zero attached hydrogens (tertiary/aromatic N) is 1. The minimum absolute atomic E-state index is 0.0261. The van der Waals surface area contributed by atoms with Crippen molar-refractivity contribution in [3.63, 3.8) is 0 Å². The third-order valence-electron chi connectivity index (χ3n) is 18.5. The standard InChI is InChI=1S/C94H162NO8P/c1-6-8-10-12-14-16-18-20-22-24-26-28-30-32-34-36-38-40-42-44-46-47-49-51-53-55-57-59-61-63-65-67-69-71-73-75-77-79-81-83-85-87-94(97)103-92(91-102-104(98,99)101-89-88-95(3,4)5)90-100-93(96)86-84-82-80-78-76-74-72-70-68-66-64-62-60-58-56-54-52-50-48-45-43-41-39-37-35-33-31-29-27-25-23-21-19-17-15-13-11-9-7-2/h8,10,14,16,19-22,25-28,31-34,38,40,44,46,49,51,55,57,61,63,92H,6-7,9,11-13,15,17-18,23-24,29-30,35-37,39,41-43,45,47-48,50,52-54,56,58-60,62,64-91H2,1-5H3/p+1/b10-8-,16-14-,21-19-,22-20-,27-25-,28-26-,33-31-,34-32-,40-38-,46-44-,51-49-,57-55-,63-61-. The van der Waals surface area contributed by atoms with Crippen molar-refractivity contribution in [3.05, 3.63) is 158 Å². The summed E-state index contributed by atoms with van der Waals surface area (Å²) in [5.41, 5.74) is 0. The molecule has 0 radical (unpaired) electrons. The van der Waals surface area contributed by atoms with Crippen LogP contribution in [0.3, 0.4) is 0 Å². The molecule has 0 aliphatic rings. The van der Waals surface area contributed by atoms with Crippen molar-refractivity contribution < 1.29 is 42.1 Å². The number of phosphoric ester groups is 1. The molecule has 10 heteroatoms. The van der Waals surface area contributed by atoms with E-state index in [-0.39, 0.29) is 32.0 Å². The predicted octanol–water partition coefficient (Wildman–Crippen LogP) is 29.4. The van der Waals surface area contributed by atoms with E-state index in [1.54, 1.807) is 0 Å². The maximum Gasteiger partial charge on any atom is 0.472 e. The van der Waals surface area contributed by atoms with Crippen LogP contribution in [0, 0.1) is 0 Å². The molecule has 0 aromatic carbocycles. The molecule has 0 spiro atoms. The number of hydrogen-bond donors (Lipinski definition) is 1. The quantitative estimate of drug-likeness (QED) is 0.0211. The first kappa shape index (κ1) is 99.6. The van der Waals surface area contributed by atoms with Crippen LogP contribution in [0.4, 0.5) is 0 Å². The lowest BCUT2D eigenvalue weighted by atomic mass is 10.0. The number of unbranched alkanes of at least 4 members (excludes halogenated alkanes) is 39. The molecular weight excluding hydrogens is 1300 g/mol. The van der Waals surface area contributed by atoms with Gasteiger partial charge < -0.3 is 18.9 Å². The molecule has 0 aliphatic heterocycles. The van der Waals surface area contributed by atoms with Gasteiger partial charge in [-0.3, -0.25) is 18.6 Å². The Morgan fingerprint density at radius 1 is 0.308 bits per heavy atom. The van der Waals surface area contributed by atoms with Crippen molar-refractivity contribution in [2.45, 2.75) is 380 Å². The van der Waals surface area contributed by atoms with Gasteiger partial charge in [0.25, 0.3) is 0 Å². The van der Waals surface area contributed by atoms with Crippen LogP contribution >= 0.6 is 7.82 Å². The Balaban J connectivity index is 3.98. The van der Waals surface area contributed by atoms with Crippen LogP contribution in [0.15, 0.2) is 158 Å². The van der Waals surface area contributed by atoms with Crippen LogP contribution in [0.1, 0.15) is 373 Å². The maximum absolute atomic E-state index is 12.9. The van der Waals surface area contributed by atoms with Crippen LogP contribution in [-0.2, 0) is 32.7 Å². The lowest BCUT2D eigenvalue weighted by molar-refractivity contribution is -0.870. The first-order valence-corrected chi connectivity index (χ1v) is 44.7. The Kier molecular flexibility index (Phi) is 79.2. The van der Waals surface area contributed by atoms with E-state index >= 15 is 0 Å². The molecule has 0 aromatic heterocycles. The third-order valence-corrected chi connectivity index (χ3v) is 19.5. The lowest BCUT2D eigenvalue weighted by Gasteiger charge is -2.24. The summed E-state index contributed by atoms with van der Waals surface area (Å²) in [6.45, 7) is 4.33. The summed E-state index contributed by atoms with van der Waals surface area (Å²) < 4.78 is 34.9. The third kappa shape index (κ3) is 86.5. The topological polar surface area (TPSA) is 108 Å². The van der Waals surface area contributed by atoms with Crippen molar-refractivity contribution in [3.8, 4) is 0 Å². The first-order valence-electron chi connectivity index (χ1n) is 43.2. The zero-order valence-electron chi connectivity index (χ0n) is 68.2. The molecule has 104 heavy (non-hydrogen) atoms. The molecule has 0 saturated heterocycles. The Morgan fingerprint density at radius 3 is 0.817 bits per heavy atom. The second-order valence-corrected chi connectivity index (χ2v) is 31.3. The Labute approximate surface area is 643 Å². The van der Waals surface area contributed by atoms with Gasteiger partial charge in [0, 0.05) is 12.8 Å². The summed E-state index contributed by atoms with van der Waals surface area (Å²) in [7, 11) is 1.47. The van der Waals surface area contributed by atoms with Gasteiger partial charge in [-0.15, -0.1) is 0 Å². The SMILES string of the molecule is CC/C=C\C/C=C\C/C=C\C/C=C\C/C=C\C/C=C\C/C=C\C/C=C\C/C=C\C/C=C\CCCCCCCCCCCCC(=O)OC(COC(=O)CCCCCCCCCCCCCCCCCCCCCCCCCC/C=C\C/C=C\C/C=C\CCCCCCC)COP(=O)(O)OCC[N+](C)(C)C. The summed E-state index contributed by atoms with van der Waals surface area (Å²) in [5, 5.41) is 0. The second kappa shape index (κ2) is 82.7. The zero-order valence-corrected chi connectivity index (χ0v) is 69.1. The number of likely N-dealkylation sites (N-methyl/N-ethyl adjacent to an activating group) is 1. The molecule has 1 N–H and O–H groups in total. The Hall–Kier alpha value is -4.37. The van der Waals surface area contributed by atoms with E-state index < -0.39 is 26.5 Å². The fraction of sp³-hybridized carbons (Fsp3) is 0.702. The van der Waals surface area contributed by atoms with Gasteiger partial charge in [-0.2, -0.15) is 0 Å². The zero-order chi connectivity index (χ0) is 75.4. The van der Waals surface area contributed by atoms with E-state index in [9.17, 15) is 19.0 Å². The number of allylic oxidation sites excluding steroid dienone is 26. The van der Waals surface area contributed by atoms with Gasteiger partial charge in [0.05, 0.1) is 27.7 Å². The largest absolute Gasteiger partial charge is 0.472 e. The number of rotatable bonds is 79. The van der Waals surface area contributed by atoms with E-state index in [1.807, 2.05) is 21.1 Å². The van der Waals surface area contributed by atoms with Gasteiger partial charge in [-0.25, -0.2) is 4.57 Å². The first-order chi connectivity index (χ1) is 51.0. The average Bonchev–Trinajstić information content (AvgIpc) is 0.920. The molecule has 0 aliphatic carbocycles. The maximum atomic E-state index is 12.9. The van der Waals surface area contributed by atoms with E-state index in [1.165, 1.54) is 218 Å². The number of esters is 2. The Bertz CT molecular complexity index is 2320. The van der Waals surface area contributed by atoms with Gasteiger partial charge in [0.15, 0.2) is 6.10 Å². The molecule has 596 valence electrons. The van der Waals surface area contributed by atoms with Crippen molar-refractivity contribution in [2.24, 2.45) is 0 Å². The van der Waals surface area contributed by atoms with Crippen molar-refractivity contribution in [2.75, 3.05) is 47.5 Å². The van der Waals surface area contributed by atoms with E-state index in [0.717, 1.165) is 122 Å². The molecule has 9 nitrogen and oxygen atoms in total. The highest BCUT2D eigenvalue weighted by Crippen LogP contribution is 2.43. The van der Waals surface area contributed by atoms with Crippen LogP contribution in [0.25, 0.3) is 0 Å². The number of hydrogen-bond acceptors (Lipinski definition) is 7. The molecule has 0 rings (SSSR count). The monoisotopic (exact) mass is 1470 g/mol. The molecule has 2 unspecified atom stereocenters. The fourth-order valence-electron chi connectivity index (χ4n) is 12.0. The van der Waals surface area contributed by atoms with E-state index in [4.69, 9.17) is 18.5 Å². The molecule has 0 saturated carbocycles. The number of quaternary nitrogens is 1. The van der Waals surface area contributed by atoms with E-state index in [2.05, 4.69) is 172 Å². The summed E-state index contributed by atoms with van der Waals surface area (Å²) in [4.78, 5) is 36.0. The average molecular weight is 1470 g/mol. The second-order valence-electron chi connectivity index (χ2n) is 29.8. The number of carbonyl (C=O) groups excluding carboxylic acids is 2. The van der Waals surface area contributed by atoms with Crippen LogP contribution in [-0.4, -0.2) is 74.9 Å². The molecule has 0 aromatic rings. The highest BCUT2D eigenvalue weighted by atomic mass is 31.2. The van der Waals surface area contributed by atoms with Crippen molar-refractivity contribution >= 4 is 19.8 Å². The normalized spacial score (nSPS) is 13.8. The van der Waals surface area contributed by atoms with Gasteiger partial charge in [0.1, 0.15) is 19.8 Å². The van der Waals surface area contributed by atoms with Crippen molar-refractivity contribution in [1.82, 2.24) is 0 Å². The van der Waals surface area contributed by atoms with Gasteiger partial charge >= 0.3 is 19.8 Å². The molecule has 2 atom stereocenters. The summed E-state index contributed by atoms with van der Waals surface area (Å²) in [6, 6.07) is 0. The molecule has 0 bridgehead atoms. The lowest BCUT2D eigenvalue weighted by Crippen LogP contribution is -2.37. The van der Waals surface area contributed by atoms with Gasteiger partial charge in [-0.1, -0.05) is 390 Å². The highest BCUT2D eigenvalue weighted by Gasteiger charge is 2.27. The molecule has 0 heterocycles. The number of phosphoric acid groups is 1. The minimum Gasteiger partial charge on any atom is -0.462 e. The Morgan fingerprint density at radius 2 is 0.548 bits per heavy atom. The van der Waals surface area contributed by atoms with E-state index in [0.29, 0.717) is 17.4 Å². The van der Waals surface area contributed by atoms with Gasteiger partial charge in [0.2, 0.25) is 0 Å². The summed E-state index contributed by atoms with van der Waals surface area (Å²) >= 11 is 0. The molecular formula is C94H163NO8P+. The fourth-order valence-corrected chi connectivity index (χ4v) is 12.7. The summed E-state index contributed by atoms with van der Waals surface area (Å²) in [5.74, 6) is -0.795. The molecule has 0 amide bonds. The smallest absolute Gasteiger partial charge is 0.462 e. The van der Waals surface area contributed by atoms with Crippen LogP contribution in [0.5, 0.6) is 0 Å². The number of ether oxygens (including phenoxy) is 2. The van der Waals surface area contributed by atoms with Crippen LogP contribution in [0.2, 0.25) is 0 Å². The van der Waals surface area contributed by atoms with Crippen LogP contribution < -0.4 is 0 Å². The highest BCUT2D eigenvalue weighted by molar-refractivity contribution is 7.47. The predicted molar refractivity (Wildman–Crippen MR) is 454 cm³/mol. The summed E-state index contributed by atoms with van der Waals surface area (Å²) in [6.07, 6.45) is 124. The number of carbonyl (C=O) groups is 2. The molecule has 0 fully saturated rings. The van der Waals surface area contributed by atoms with Gasteiger partial charge in [-0.05, 0) is 128 Å².